The van der Waals surface area contributed by atoms with E-state index in [2.05, 4.69) is 35.0 Å². The maximum Gasteiger partial charge on any atom is 0.225 e. The predicted molar refractivity (Wildman–Crippen MR) is 70.3 cm³/mol. The van der Waals surface area contributed by atoms with E-state index in [1.807, 2.05) is 26.2 Å². The Morgan fingerprint density at radius 1 is 1.44 bits per heavy atom. The molecule has 1 aromatic rings. The molecule has 2 nitrogen and oxygen atoms in total. The number of carbonyl (C=O) groups excluding carboxylic acids is 1. The van der Waals surface area contributed by atoms with Gasteiger partial charge in [0.2, 0.25) is 5.91 Å². The van der Waals surface area contributed by atoms with E-state index in [-0.39, 0.29) is 11.8 Å². The molecule has 16 heavy (non-hydrogen) atoms. The molecule has 1 atom stereocenters. The Morgan fingerprint density at radius 3 is 2.62 bits per heavy atom. The van der Waals surface area contributed by atoms with Crippen LogP contribution in [0.15, 0.2) is 28.7 Å². The zero-order valence-corrected chi connectivity index (χ0v) is 11.6. The van der Waals surface area contributed by atoms with Gasteiger partial charge in [-0.05, 0) is 30.5 Å². The Labute approximate surface area is 106 Å². The first-order valence-corrected chi connectivity index (χ1v) is 6.29. The summed E-state index contributed by atoms with van der Waals surface area (Å²) in [6.07, 6.45) is 1.69. The zero-order chi connectivity index (χ0) is 12.1. The minimum Gasteiger partial charge on any atom is -0.349 e. The fourth-order valence-electron chi connectivity index (χ4n) is 1.72. The van der Waals surface area contributed by atoms with Gasteiger partial charge < -0.3 is 4.90 Å². The third-order valence-electron chi connectivity index (χ3n) is 2.65. The fraction of sp³-hybridized carbons (Fsp3) is 0.462. The molecule has 0 N–H and O–H groups in total. The first kappa shape index (κ1) is 13.2. The summed E-state index contributed by atoms with van der Waals surface area (Å²) in [5, 5.41) is 0. The molecule has 0 heterocycles. The zero-order valence-electron chi connectivity index (χ0n) is 10.0. The Morgan fingerprint density at radius 2 is 2.12 bits per heavy atom. The maximum absolute atomic E-state index is 11.9. The van der Waals surface area contributed by atoms with Gasteiger partial charge in [0, 0.05) is 24.5 Å². The molecule has 0 saturated carbocycles. The second-order valence-electron chi connectivity index (χ2n) is 4.17. The van der Waals surface area contributed by atoms with Crippen molar-refractivity contribution in [1.29, 1.82) is 0 Å². The Hall–Kier alpha value is -0.830. The number of halogens is 1. The van der Waals surface area contributed by atoms with Crippen molar-refractivity contribution in [3.05, 3.63) is 34.3 Å². The van der Waals surface area contributed by atoms with Crippen LogP contribution in [0, 0.1) is 5.92 Å². The van der Waals surface area contributed by atoms with Crippen molar-refractivity contribution in [3.8, 4) is 0 Å². The monoisotopic (exact) mass is 283 g/mol. The molecule has 1 amide bonds. The van der Waals surface area contributed by atoms with Crippen LogP contribution in [-0.4, -0.2) is 24.9 Å². The number of carbonyl (C=O) groups is 1. The third kappa shape index (κ3) is 3.63. The van der Waals surface area contributed by atoms with E-state index in [9.17, 15) is 4.79 Å². The number of nitrogens with zero attached hydrogens (tertiary/aromatic N) is 1. The van der Waals surface area contributed by atoms with Crippen LogP contribution in [0.2, 0.25) is 0 Å². The molecule has 0 radical (unpaired) electrons. The Balaban J connectivity index is 2.74. The van der Waals surface area contributed by atoms with Gasteiger partial charge in [0.1, 0.15) is 0 Å². The maximum atomic E-state index is 11.9. The molecule has 0 spiro atoms. The van der Waals surface area contributed by atoms with E-state index in [4.69, 9.17) is 0 Å². The predicted octanol–water partition coefficient (Wildman–Crippen LogP) is 3.11. The quantitative estimate of drug-likeness (QED) is 0.832. The lowest BCUT2D eigenvalue weighted by Gasteiger charge is -2.19. The molecule has 88 valence electrons. The molecule has 0 fully saturated rings. The van der Waals surface area contributed by atoms with Crippen LogP contribution >= 0.6 is 15.9 Å². The number of rotatable bonds is 4. The molecule has 0 aliphatic heterocycles. The van der Waals surface area contributed by atoms with Crippen LogP contribution in [0.4, 0.5) is 0 Å². The smallest absolute Gasteiger partial charge is 0.225 e. The normalized spacial score (nSPS) is 12.2. The molecular weight excluding hydrogens is 266 g/mol. The molecular formula is C13H18BrNO. The van der Waals surface area contributed by atoms with Crippen molar-refractivity contribution in [2.24, 2.45) is 5.92 Å². The summed E-state index contributed by atoms with van der Waals surface area (Å²) in [5.41, 5.74) is 1.21. The SMILES string of the molecule is CC[C@H](Cc1cccc(Br)c1)C(=O)N(C)C. The number of hydrogen-bond acceptors (Lipinski definition) is 1. The first-order valence-electron chi connectivity index (χ1n) is 5.50. The molecule has 0 aliphatic rings. The lowest BCUT2D eigenvalue weighted by Crippen LogP contribution is -2.30. The number of hydrogen-bond donors (Lipinski definition) is 0. The van der Waals surface area contributed by atoms with Crippen molar-refractivity contribution in [3.63, 3.8) is 0 Å². The van der Waals surface area contributed by atoms with Crippen LogP contribution in [0.25, 0.3) is 0 Å². The van der Waals surface area contributed by atoms with Crippen LogP contribution in [0.1, 0.15) is 18.9 Å². The van der Waals surface area contributed by atoms with Gasteiger partial charge in [-0.2, -0.15) is 0 Å². The van der Waals surface area contributed by atoms with Crippen LogP contribution in [0.3, 0.4) is 0 Å². The molecule has 0 aromatic heterocycles. The minimum absolute atomic E-state index is 0.0873. The van der Waals surface area contributed by atoms with Gasteiger partial charge in [0.15, 0.2) is 0 Å². The molecule has 0 saturated heterocycles. The van der Waals surface area contributed by atoms with Crippen LogP contribution < -0.4 is 0 Å². The highest BCUT2D eigenvalue weighted by atomic mass is 79.9. The van der Waals surface area contributed by atoms with E-state index in [0.717, 1.165) is 17.3 Å². The molecule has 1 rings (SSSR count). The van der Waals surface area contributed by atoms with E-state index >= 15 is 0 Å². The van der Waals surface area contributed by atoms with Crippen molar-refractivity contribution < 1.29 is 4.79 Å². The summed E-state index contributed by atoms with van der Waals surface area (Å²) in [6.45, 7) is 2.06. The molecule has 3 heteroatoms. The Bertz CT molecular complexity index is 363. The average molecular weight is 284 g/mol. The van der Waals surface area contributed by atoms with Crippen molar-refractivity contribution in [1.82, 2.24) is 4.90 Å². The highest BCUT2D eigenvalue weighted by molar-refractivity contribution is 9.10. The van der Waals surface area contributed by atoms with Crippen LogP contribution in [0.5, 0.6) is 0 Å². The third-order valence-corrected chi connectivity index (χ3v) is 3.15. The van der Waals surface area contributed by atoms with Gasteiger partial charge >= 0.3 is 0 Å². The first-order chi connectivity index (χ1) is 7.54. The molecule has 0 unspecified atom stereocenters. The molecule has 1 aromatic carbocycles. The average Bonchev–Trinajstić information content (AvgIpc) is 2.25. The highest BCUT2D eigenvalue weighted by Crippen LogP contribution is 2.18. The van der Waals surface area contributed by atoms with Gasteiger partial charge in [-0.15, -0.1) is 0 Å². The summed E-state index contributed by atoms with van der Waals surface area (Å²) < 4.78 is 1.07. The second kappa shape index (κ2) is 6.04. The van der Waals surface area contributed by atoms with E-state index in [0.29, 0.717) is 0 Å². The number of amides is 1. The topological polar surface area (TPSA) is 20.3 Å². The van der Waals surface area contributed by atoms with Crippen LogP contribution in [-0.2, 0) is 11.2 Å². The van der Waals surface area contributed by atoms with Crippen molar-refractivity contribution >= 4 is 21.8 Å². The van der Waals surface area contributed by atoms with Gasteiger partial charge in [-0.3, -0.25) is 4.79 Å². The van der Waals surface area contributed by atoms with Gasteiger partial charge in [-0.1, -0.05) is 35.0 Å². The summed E-state index contributed by atoms with van der Waals surface area (Å²) in [4.78, 5) is 13.6. The molecule has 0 bridgehead atoms. The van der Waals surface area contributed by atoms with Crippen molar-refractivity contribution in [2.45, 2.75) is 19.8 Å². The Kier molecular flexibility index (Phi) is 5.00. The standard InChI is InChI=1S/C13H18BrNO/c1-4-11(13(16)15(2)3)8-10-6-5-7-12(14)9-10/h5-7,9,11H,4,8H2,1-3H3/t11-/m1/s1. The minimum atomic E-state index is 0.0873. The lowest BCUT2D eigenvalue weighted by molar-refractivity contribution is -0.133. The van der Waals surface area contributed by atoms with Crippen molar-refractivity contribution in [2.75, 3.05) is 14.1 Å². The van der Waals surface area contributed by atoms with Gasteiger partial charge in [-0.25, -0.2) is 0 Å². The van der Waals surface area contributed by atoms with E-state index in [1.54, 1.807) is 4.90 Å². The summed E-state index contributed by atoms with van der Waals surface area (Å²) in [7, 11) is 3.62. The lowest BCUT2D eigenvalue weighted by atomic mass is 9.96. The van der Waals surface area contributed by atoms with Gasteiger partial charge in [0.25, 0.3) is 0 Å². The summed E-state index contributed by atoms with van der Waals surface area (Å²) in [5.74, 6) is 0.298. The fourth-order valence-corrected chi connectivity index (χ4v) is 2.17. The highest BCUT2D eigenvalue weighted by Gasteiger charge is 2.18. The number of benzene rings is 1. The summed E-state index contributed by atoms with van der Waals surface area (Å²) >= 11 is 3.44. The van der Waals surface area contributed by atoms with Gasteiger partial charge in [0.05, 0.1) is 0 Å². The molecule has 0 aliphatic carbocycles. The largest absolute Gasteiger partial charge is 0.349 e. The summed E-state index contributed by atoms with van der Waals surface area (Å²) in [6, 6.07) is 8.15. The second-order valence-corrected chi connectivity index (χ2v) is 5.09. The van der Waals surface area contributed by atoms with E-state index < -0.39 is 0 Å². The van der Waals surface area contributed by atoms with E-state index in [1.165, 1.54) is 5.56 Å².